The lowest BCUT2D eigenvalue weighted by Gasteiger charge is -2.35. The Morgan fingerprint density at radius 2 is 1.96 bits per heavy atom. The largest absolute Gasteiger partial charge is 0.379 e. The number of nitrogens with zero attached hydrogens (tertiary/aromatic N) is 4. The fourth-order valence-corrected chi connectivity index (χ4v) is 4.44. The molecule has 8 heteroatoms. The maximum atomic E-state index is 13.1. The Kier molecular flexibility index (Phi) is 7.83. The van der Waals surface area contributed by atoms with Crippen LogP contribution in [0.1, 0.15) is 28.9 Å². The van der Waals surface area contributed by atoms with Crippen LogP contribution in [-0.2, 0) is 9.53 Å². The van der Waals surface area contributed by atoms with E-state index in [0.717, 1.165) is 37.7 Å². The van der Waals surface area contributed by atoms with Gasteiger partial charge in [0.25, 0.3) is 5.91 Å². The average Bonchev–Trinajstić information content (AvgIpc) is 3.29. The maximum absolute atomic E-state index is 13.1. The SMILES string of the molecule is N#CCCN(CCN1CCOCC1)C(=O)C1CCN(C(=O)c2cccs2)CC1. The molecule has 2 fully saturated rings. The smallest absolute Gasteiger partial charge is 0.263 e. The Labute approximate surface area is 170 Å². The third-order valence-electron chi connectivity index (χ3n) is 5.46. The Hall–Kier alpha value is -1.95. The first kappa shape index (κ1) is 20.8. The summed E-state index contributed by atoms with van der Waals surface area (Å²) in [6.07, 6.45) is 1.73. The predicted octanol–water partition coefficient (Wildman–Crippen LogP) is 1.67. The van der Waals surface area contributed by atoms with Crippen LogP contribution in [0.3, 0.4) is 0 Å². The molecule has 3 heterocycles. The zero-order valence-electron chi connectivity index (χ0n) is 16.2. The minimum absolute atomic E-state index is 0.0595. The first-order valence-electron chi connectivity index (χ1n) is 9.97. The summed E-state index contributed by atoms with van der Waals surface area (Å²) < 4.78 is 5.37. The van der Waals surface area contributed by atoms with Gasteiger partial charge in [-0.1, -0.05) is 6.07 Å². The first-order chi connectivity index (χ1) is 13.7. The van der Waals surface area contributed by atoms with Crippen LogP contribution in [0.5, 0.6) is 0 Å². The summed E-state index contributed by atoms with van der Waals surface area (Å²) >= 11 is 1.46. The van der Waals surface area contributed by atoms with E-state index in [1.165, 1.54) is 11.3 Å². The van der Waals surface area contributed by atoms with E-state index in [0.29, 0.717) is 45.4 Å². The van der Waals surface area contributed by atoms with E-state index in [1.54, 1.807) is 0 Å². The molecular formula is C20H28N4O3S. The first-order valence-corrected chi connectivity index (χ1v) is 10.9. The van der Waals surface area contributed by atoms with Crippen molar-refractivity contribution in [3.8, 4) is 6.07 Å². The van der Waals surface area contributed by atoms with E-state index in [2.05, 4.69) is 11.0 Å². The molecule has 0 bridgehead atoms. The average molecular weight is 405 g/mol. The lowest BCUT2D eigenvalue weighted by Crippen LogP contribution is -2.47. The van der Waals surface area contributed by atoms with Gasteiger partial charge in [0.2, 0.25) is 5.91 Å². The highest BCUT2D eigenvalue weighted by molar-refractivity contribution is 7.12. The van der Waals surface area contributed by atoms with Gasteiger partial charge in [-0.3, -0.25) is 14.5 Å². The van der Waals surface area contributed by atoms with Gasteiger partial charge in [-0.25, -0.2) is 0 Å². The molecule has 1 aromatic heterocycles. The molecule has 0 atom stereocenters. The molecule has 0 unspecified atom stereocenters. The quantitative estimate of drug-likeness (QED) is 0.691. The van der Waals surface area contributed by atoms with Gasteiger partial charge in [-0.05, 0) is 24.3 Å². The molecule has 2 amide bonds. The van der Waals surface area contributed by atoms with Crippen molar-refractivity contribution in [3.63, 3.8) is 0 Å². The summed E-state index contributed by atoms with van der Waals surface area (Å²) in [4.78, 5) is 32.3. The van der Waals surface area contributed by atoms with Gasteiger partial charge < -0.3 is 14.5 Å². The predicted molar refractivity (Wildman–Crippen MR) is 107 cm³/mol. The molecule has 0 aliphatic carbocycles. The minimum atomic E-state index is -0.0595. The number of rotatable bonds is 7. The zero-order valence-corrected chi connectivity index (χ0v) is 17.0. The molecule has 28 heavy (non-hydrogen) atoms. The second kappa shape index (κ2) is 10.6. The highest BCUT2D eigenvalue weighted by Crippen LogP contribution is 2.22. The monoisotopic (exact) mass is 404 g/mol. The minimum Gasteiger partial charge on any atom is -0.379 e. The Balaban J connectivity index is 1.50. The lowest BCUT2D eigenvalue weighted by molar-refractivity contribution is -0.137. The molecule has 0 spiro atoms. The fourth-order valence-electron chi connectivity index (χ4n) is 3.75. The van der Waals surface area contributed by atoms with E-state index < -0.39 is 0 Å². The molecule has 0 N–H and O–H groups in total. The number of hydrogen-bond donors (Lipinski definition) is 0. The number of morpholine rings is 1. The number of amides is 2. The standard InChI is InChI=1S/C20H28N4O3S/c21-6-2-7-23(11-10-22-12-14-27-15-13-22)19(25)17-4-8-24(9-5-17)20(26)18-3-1-16-28-18/h1,3,16-17H,2,4-5,7-15H2. The van der Waals surface area contributed by atoms with Crippen LogP contribution in [0.15, 0.2) is 17.5 Å². The van der Waals surface area contributed by atoms with Crippen LogP contribution in [0.4, 0.5) is 0 Å². The number of likely N-dealkylation sites (tertiary alicyclic amines) is 1. The van der Waals surface area contributed by atoms with Crippen molar-refractivity contribution in [1.82, 2.24) is 14.7 Å². The van der Waals surface area contributed by atoms with Crippen LogP contribution in [-0.4, -0.2) is 85.5 Å². The molecule has 2 aliphatic heterocycles. The molecular weight excluding hydrogens is 376 g/mol. The van der Waals surface area contributed by atoms with Gasteiger partial charge >= 0.3 is 0 Å². The summed E-state index contributed by atoms with van der Waals surface area (Å²) in [5.74, 6) is 0.136. The molecule has 0 radical (unpaired) electrons. The summed E-state index contributed by atoms with van der Waals surface area (Å²) in [7, 11) is 0. The number of carbonyl (C=O) groups excluding carboxylic acids is 2. The van der Waals surface area contributed by atoms with Gasteiger partial charge in [0.1, 0.15) is 0 Å². The van der Waals surface area contributed by atoms with Crippen LogP contribution in [0, 0.1) is 17.2 Å². The molecule has 2 aliphatic rings. The van der Waals surface area contributed by atoms with Crippen molar-refractivity contribution in [1.29, 1.82) is 5.26 Å². The van der Waals surface area contributed by atoms with Crippen LogP contribution in [0.2, 0.25) is 0 Å². The Morgan fingerprint density at radius 3 is 2.61 bits per heavy atom. The molecule has 3 rings (SSSR count). The molecule has 7 nitrogen and oxygen atoms in total. The molecule has 2 saturated heterocycles. The van der Waals surface area contributed by atoms with E-state index in [9.17, 15) is 9.59 Å². The maximum Gasteiger partial charge on any atom is 0.263 e. The van der Waals surface area contributed by atoms with Crippen molar-refractivity contribution >= 4 is 23.2 Å². The topological polar surface area (TPSA) is 76.9 Å². The highest BCUT2D eigenvalue weighted by atomic mass is 32.1. The van der Waals surface area contributed by atoms with Crippen molar-refractivity contribution in [3.05, 3.63) is 22.4 Å². The molecule has 1 aromatic rings. The number of piperidine rings is 1. The van der Waals surface area contributed by atoms with Gasteiger partial charge in [0.15, 0.2) is 0 Å². The third-order valence-corrected chi connectivity index (χ3v) is 6.32. The number of nitriles is 1. The van der Waals surface area contributed by atoms with E-state index in [1.807, 2.05) is 27.3 Å². The van der Waals surface area contributed by atoms with Crippen molar-refractivity contribution < 1.29 is 14.3 Å². The fraction of sp³-hybridized carbons (Fsp3) is 0.650. The Bertz CT molecular complexity index is 674. The van der Waals surface area contributed by atoms with Gasteiger partial charge in [0.05, 0.1) is 30.6 Å². The second-order valence-electron chi connectivity index (χ2n) is 7.23. The van der Waals surface area contributed by atoms with Gasteiger partial charge in [-0.2, -0.15) is 5.26 Å². The normalized spacial score (nSPS) is 18.6. The van der Waals surface area contributed by atoms with Crippen LogP contribution in [0.25, 0.3) is 0 Å². The second-order valence-corrected chi connectivity index (χ2v) is 8.18. The highest BCUT2D eigenvalue weighted by Gasteiger charge is 2.31. The van der Waals surface area contributed by atoms with E-state index >= 15 is 0 Å². The molecule has 0 saturated carbocycles. The number of ether oxygens (including phenoxy) is 1. The van der Waals surface area contributed by atoms with E-state index in [4.69, 9.17) is 10.00 Å². The number of carbonyl (C=O) groups is 2. The van der Waals surface area contributed by atoms with Crippen molar-refractivity contribution in [2.45, 2.75) is 19.3 Å². The van der Waals surface area contributed by atoms with Crippen molar-refractivity contribution in [2.75, 3.05) is 59.0 Å². The van der Waals surface area contributed by atoms with E-state index in [-0.39, 0.29) is 17.7 Å². The summed E-state index contributed by atoms with van der Waals surface area (Å²) in [6, 6.07) is 5.88. The third kappa shape index (κ3) is 5.53. The van der Waals surface area contributed by atoms with Gasteiger partial charge in [0, 0.05) is 51.7 Å². The van der Waals surface area contributed by atoms with Crippen LogP contribution < -0.4 is 0 Å². The summed E-state index contributed by atoms with van der Waals surface area (Å²) in [5, 5.41) is 10.9. The van der Waals surface area contributed by atoms with Crippen LogP contribution >= 0.6 is 11.3 Å². The zero-order chi connectivity index (χ0) is 19.8. The van der Waals surface area contributed by atoms with Crippen molar-refractivity contribution in [2.24, 2.45) is 5.92 Å². The van der Waals surface area contributed by atoms with Gasteiger partial charge in [-0.15, -0.1) is 11.3 Å². The molecule has 152 valence electrons. The summed E-state index contributed by atoms with van der Waals surface area (Å²) in [5.41, 5.74) is 0. The number of thiophene rings is 1. The summed E-state index contributed by atoms with van der Waals surface area (Å²) in [6.45, 7) is 6.43. The lowest BCUT2D eigenvalue weighted by atomic mass is 9.95. The number of hydrogen-bond acceptors (Lipinski definition) is 6. The Morgan fingerprint density at radius 1 is 1.21 bits per heavy atom. The molecule has 0 aromatic carbocycles.